The maximum atomic E-state index is 12.1. The molecule has 9 heteroatoms. The lowest BCUT2D eigenvalue weighted by Gasteiger charge is -2.20. The van der Waals surface area contributed by atoms with Crippen molar-refractivity contribution in [2.45, 2.75) is 13.1 Å². The van der Waals surface area contributed by atoms with E-state index in [2.05, 4.69) is 5.32 Å². The number of benzene rings is 1. The zero-order valence-corrected chi connectivity index (χ0v) is 13.4. The number of anilines is 1. The van der Waals surface area contributed by atoms with Crippen LogP contribution >= 0.6 is 0 Å². The Balaban J connectivity index is 2.52. The first-order valence-corrected chi connectivity index (χ1v) is 7.23. The number of methoxy groups -OCH3 is 1. The average Bonchev–Trinajstić information content (AvgIpc) is 2.52. The van der Waals surface area contributed by atoms with Gasteiger partial charge in [0.1, 0.15) is 12.3 Å². The molecule has 6 nitrogen and oxygen atoms in total. The molecule has 2 amide bonds. The maximum Gasteiger partial charge on any atom is 0.405 e. The van der Waals surface area contributed by atoms with Crippen molar-refractivity contribution in [3.63, 3.8) is 0 Å². The van der Waals surface area contributed by atoms with E-state index in [1.54, 1.807) is 36.5 Å². The van der Waals surface area contributed by atoms with Gasteiger partial charge in [-0.1, -0.05) is 19.1 Å². The van der Waals surface area contributed by atoms with Crippen LogP contribution in [0.1, 0.15) is 6.92 Å². The molecule has 0 aliphatic carbocycles. The van der Waals surface area contributed by atoms with E-state index >= 15 is 0 Å². The summed E-state index contributed by atoms with van der Waals surface area (Å²) in [6, 6.07) is 6.80. The molecule has 0 saturated carbocycles. The Morgan fingerprint density at radius 3 is 2.38 bits per heavy atom. The Morgan fingerprint density at radius 1 is 1.17 bits per heavy atom. The summed E-state index contributed by atoms with van der Waals surface area (Å²) < 4.78 is 41.3. The van der Waals surface area contributed by atoms with Gasteiger partial charge >= 0.3 is 6.18 Å². The molecule has 0 aromatic heterocycles. The number of halogens is 3. The zero-order valence-electron chi connectivity index (χ0n) is 13.4. The van der Waals surface area contributed by atoms with Crippen LogP contribution in [0.3, 0.4) is 0 Å². The van der Waals surface area contributed by atoms with Gasteiger partial charge in [0.2, 0.25) is 11.8 Å². The van der Waals surface area contributed by atoms with Crippen molar-refractivity contribution in [2.24, 2.45) is 0 Å². The number of nitrogens with zero attached hydrogens (tertiary/aromatic N) is 1. The van der Waals surface area contributed by atoms with Gasteiger partial charge in [0.25, 0.3) is 0 Å². The number of nitrogens with one attached hydrogen (secondary N) is 2. The summed E-state index contributed by atoms with van der Waals surface area (Å²) in [7, 11) is 1.47. The van der Waals surface area contributed by atoms with Crippen LogP contribution in [0, 0.1) is 0 Å². The number of carbonyl (C=O) groups excluding carboxylic acids is 2. The van der Waals surface area contributed by atoms with E-state index in [9.17, 15) is 22.8 Å². The standard InChI is InChI=1S/C15H20F3N3O3/c1-3-21(8-13(22)19-10-15(16,17)18)9-14(23)20-11-6-4-5-7-12(11)24-2/h4-7H,3,8-10H2,1-2H3,(H,19,22)(H,20,23). The number of hydrogen-bond acceptors (Lipinski definition) is 4. The van der Waals surface area contributed by atoms with E-state index < -0.39 is 24.5 Å². The van der Waals surface area contributed by atoms with Crippen LogP contribution in [0.2, 0.25) is 0 Å². The second kappa shape index (κ2) is 9.11. The third kappa shape index (κ3) is 7.32. The molecule has 0 atom stereocenters. The minimum absolute atomic E-state index is 0.131. The lowest BCUT2D eigenvalue weighted by Crippen LogP contribution is -2.43. The summed E-state index contributed by atoms with van der Waals surface area (Å²) >= 11 is 0. The monoisotopic (exact) mass is 347 g/mol. The van der Waals surface area contributed by atoms with Gasteiger partial charge in [0, 0.05) is 0 Å². The normalized spacial score (nSPS) is 11.2. The Hall–Kier alpha value is -2.29. The Labute approximate surface area is 138 Å². The van der Waals surface area contributed by atoms with Gasteiger partial charge in [-0.2, -0.15) is 13.2 Å². The number of likely N-dealkylation sites (N-methyl/N-ethyl adjacent to an activating group) is 1. The quantitative estimate of drug-likeness (QED) is 0.750. The highest BCUT2D eigenvalue weighted by molar-refractivity contribution is 5.94. The van der Waals surface area contributed by atoms with E-state index in [-0.39, 0.29) is 13.1 Å². The molecule has 0 heterocycles. The molecule has 24 heavy (non-hydrogen) atoms. The van der Waals surface area contributed by atoms with Gasteiger partial charge in [-0.3, -0.25) is 14.5 Å². The Kier molecular flexibility index (Phi) is 7.50. The molecule has 1 aromatic rings. The van der Waals surface area contributed by atoms with Gasteiger partial charge in [-0.05, 0) is 18.7 Å². The zero-order chi connectivity index (χ0) is 18.2. The second-order valence-electron chi connectivity index (χ2n) is 4.94. The molecule has 1 rings (SSSR count). The van der Waals surface area contributed by atoms with Crippen molar-refractivity contribution in [1.29, 1.82) is 0 Å². The molecule has 0 fully saturated rings. The number of amides is 2. The first kappa shape index (κ1) is 19.8. The molecule has 0 bridgehead atoms. The number of alkyl halides is 3. The number of carbonyl (C=O) groups is 2. The van der Waals surface area contributed by atoms with Crippen LogP contribution in [0.25, 0.3) is 0 Å². The van der Waals surface area contributed by atoms with Crippen molar-refractivity contribution in [1.82, 2.24) is 10.2 Å². The minimum Gasteiger partial charge on any atom is -0.495 e. The highest BCUT2D eigenvalue weighted by atomic mass is 19.4. The summed E-state index contributed by atoms with van der Waals surface area (Å²) in [5, 5.41) is 4.41. The third-order valence-corrected chi connectivity index (χ3v) is 3.05. The lowest BCUT2D eigenvalue weighted by molar-refractivity contribution is -0.139. The first-order chi connectivity index (χ1) is 11.2. The summed E-state index contributed by atoms with van der Waals surface area (Å²) in [6.45, 7) is 0.211. The predicted molar refractivity (Wildman–Crippen MR) is 82.8 cm³/mol. The van der Waals surface area contributed by atoms with Gasteiger partial charge in [-0.15, -0.1) is 0 Å². The van der Waals surface area contributed by atoms with Crippen molar-refractivity contribution in [2.75, 3.05) is 38.6 Å². The fourth-order valence-corrected chi connectivity index (χ4v) is 1.88. The third-order valence-electron chi connectivity index (χ3n) is 3.05. The van der Waals surface area contributed by atoms with Gasteiger partial charge in [-0.25, -0.2) is 0 Å². The lowest BCUT2D eigenvalue weighted by atomic mass is 10.3. The van der Waals surface area contributed by atoms with Crippen LogP contribution in [-0.2, 0) is 9.59 Å². The van der Waals surface area contributed by atoms with E-state index in [1.165, 1.54) is 12.0 Å². The van der Waals surface area contributed by atoms with Crippen molar-refractivity contribution >= 4 is 17.5 Å². The number of ether oxygens (including phenoxy) is 1. The molecule has 0 spiro atoms. The Morgan fingerprint density at radius 2 is 1.79 bits per heavy atom. The molecule has 0 radical (unpaired) electrons. The van der Waals surface area contributed by atoms with Crippen LogP contribution in [0.15, 0.2) is 24.3 Å². The van der Waals surface area contributed by atoms with Crippen molar-refractivity contribution in [3.8, 4) is 5.75 Å². The molecule has 0 saturated heterocycles. The van der Waals surface area contributed by atoms with Gasteiger partial charge in [0.15, 0.2) is 0 Å². The molecular formula is C15H20F3N3O3. The minimum atomic E-state index is -4.46. The SMILES string of the molecule is CCN(CC(=O)NCC(F)(F)F)CC(=O)Nc1ccccc1OC. The smallest absolute Gasteiger partial charge is 0.405 e. The van der Waals surface area contributed by atoms with Crippen LogP contribution in [0.5, 0.6) is 5.75 Å². The molecule has 1 aromatic carbocycles. The average molecular weight is 347 g/mol. The highest BCUT2D eigenvalue weighted by Crippen LogP contribution is 2.22. The maximum absolute atomic E-state index is 12.1. The first-order valence-electron chi connectivity index (χ1n) is 7.23. The largest absolute Gasteiger partial charge is 0.495 e. The van der Waals surface area contributed by atoms with Crippen LogP contribution in [-0.4, -0.2) is 56.2 Å². The molecule has 134 valence electrons. The molecule has 0 aliphatic rings. The van der Waals surface area contributed by atoms with E-state index in [0.29, 0.717) is 18.0 Å². The summed E-state index contributed by atoms with van der Waals surface area (Å²) in [5.74, 6) is -0.707. The number of para-hydroxylation sites is 2. The summed E-state index contributed by atoms with van der Waals surface area (Å²) in [4.78, 5) is 25.0. The predicted octanol–water partition coefficient (Wildman–Crippen LogP) is 1.63. The second-order valence-corrected chi connectivity index (χ2v) is 4.94. The summed E-state index contributed by atoms with van der Waals surface area (Å²) in [6.07, 6.45) is -4.46. The summed E-state index contributed by atoms with van der Waals surface area (Å²) in [5.41, 5.74) is 0.475. The van der Waals surface area contributed by atoms with Gasteiger partial charge in [0.05, 0.1) is 25.9 Å². The molecular weight excluding hydrogens is 327 g/mol. The van der Waals surface area contributed by atoms with E-state index in [1.807, 2.05) is 0 Å². The molecule has 2 N–H and O–H groups in total. The Bertz CT molecular complexity index is 564. The van der Waals surface area contributed by atoms with E-state index in [0.717, 1.165) is 0 Å². The molecule has 0 unspecified atom stereocenters. The van der Waals surface area contributed by atoms with Crippen LogP contribution in [0.4, 0.5) is 18.9 Å². The number of rotatable bonds is 8. The fraction of sp³-hybridized carbons (Fsp3) is 0.467. The fourth-order valence-electron chi connectivity index (χ4n) is 1.88. The van der Waals surface area contributed by atoms with Gasteiger partial charge < -0.3 is 15.4 Å². The van der Waals surface area contributed by atoms with Crippen molar-refractivity contribution in [3.05, 3.63) is 24.3 Å². The van der Waals surface area contributed by atoms with Crippen molar-refractivity contribution < 1.29 is 27.5 Å². The number of hydrogen-bond donors (Lipinski definition) is 2. The topological polar surface area (TPSA) is 70.7 Å². The highest BCUT2D eigenvalue weighted by Gasteiger charge is 2.28. The molecule has 0 aliphatic heterocycles. The van der Waals surface area contributed by atoms with E-state index in [4.69, 9.17) is 4.74 Å². The van der Waals surface area contributed by atoms with Crippen LogP contribution < -0.4 is 15.4 Å².